The smallest absolute Gasteiger partial charge is 0.0541 e. The second-order valence-corrected chi connectivity index (χ2v) is 5.51. The molecule has 15 heavy (non-hydrogen) atoms. The standard InChI is InChI=1S/C13H25NO/c1-10(11-4-2-3-5-11)14-12-6-8-13(15)9-7-12/h10-15H,2-9H2,1H3. The molecule has 2 heteroatoms. The molecule has 0 aromatic carbocycles. The fourth-order valence-electron chi connectivity index (χ4n) is 3.21. The molecular formula is C13H25NO. The molecule has 2 saturated carbocycles. The van der Waals surface area contributed by atoms with Gasteiger partial charge in [-0.25, -0.2) is 0 Å². The van der Waals surface area contributed by atoms with Gasteiger partial charge >= 0.3 is 0 Å². The highest BCUT2D eigenvalue weighted by atomic mass is 16.3. The summed E-state index contributed by atoms with van der Waals surface area (Å²) in [5.74, 6) is 0.914. The van der Waals surface area contributed by atoms with E-state index in [1.54, 1.807) is 0 Å². The van der Waals surface area contributed by atoms with E-state index in [4.69, 9.17) is 0 Å². The molecule has 0 amide bonds. The zero-order valence-corrected chi connectivity index (χ0v) is 9.91. The van der Waals surface area contributed by atoms with E-state index in [-0.39, 0.29) is 6.10 Å². The zero-order valence-electron chi connectivity index (χ0n) is 9.91. The summed E-state index contributed by atoms with van der Waals surface area (Å²) in [5, 5.41) is 13.2. The number of rotatable bonds is 3. The Labute approximate surface area is 93.5 Å². The van der Waals surface area contributed by atoms with Crippen molar-refractivity contribution in [3.8, 4) is 0 Å². The lowest BCUT2D eigenvalue weighted by Gasteiger charge is -2.31. The van der Waals surface area contributed by atoms with Crippen molar-refractivity contribution in [2.24, 2.45) is 5.92 Å². The van der Waals surface area contributed by atoms with Gasteiger partial charge in [0.1, 0.15) is 0 Å². The van der Waals surface area contributed by atoms with Gasteiger partial charge in [-0.3, -0.25) is 0 Å². The molecule has 2 fully saturated rings. The predicted molar refractivity (Wildman–Crippen MR) is 62.8 cm³/mol. The van der Waals surface area contributed by atoms with E-state index >= 15 is 0 Å². The van der Waals surface area contributed by atoms with Crippen molar-refractivity contribution in [2.75, 3.05) is 0 Å². The van der Waals surface area contributed by atoms with Crippen LogP contribution in [0.25, 0.3) is 0 Å². The topological polar surface area (TPSA) is 32.3 Å². The van der Waals surface area contributed by atoms with Gasteiger partial charge in [-0.1, -0.05) is 12.8 Å². The molecule has 0 aliphatic heterocycles. The third-order valence-electron chi connectivity index (χ3n) is 4.30. The molecular weight excluding hydrogens is 186 g/mol. The van der Waals surface area contributed by atoms with E-state index in [1.807, 2.05) is 0 Å². The lowest BCUT2D eigenvalue weighted by Crippen LogP contribution is -2.42. The van der Waals surface area contributed by atoms with Crippen LogP contribution < -0.4 is 5.32 Å². The molecule has 0 radical (unpaired) electrons. The first-order valence-corrected chi connectivity index (χ1v) is 6.70. The maximum Gasteiger partial charge on any atom is 0.0541 e. The number of hydrogen-bond donors (Lipinski definition) is 2. The zero-order chi connectivity index (χ0) is 10.7. The van der Waals surface area contributed by atoms with Gasteiger partial charge in [0.15, 0.2) is 0 Å². The molecule has 0 aromatic heterocycles. The Hall–Kier alpha value is -0.0800. The first-order valence-electron chi connectivity index (χ1n) is 6.70. The summed E-state index contributed by atoms with van der Waals surface area (Å²) < 4.78 is 0. The molecule has 2 nitrogen and oxygen atoms in total. The second kappa shape index (κ2) is 5.31. The summed E-state index contributed by atoms with van der Waals surface area (Å²) in [6.45, 7) is 2.35. The van der Waals surface area contributed by atoms with Gasteiger partial charge in [-0.05, 0) is 51.4 Å². The molecule has 1 atom stereocenters. The SMILES string of the molecule is CC(NC1CCC(O)CC1)C1CCCC1. The maximum absolute atomic E-state index is 9.44. The summed E-state index contributed by atoms with van der Waals surface area (Å²) in [6, 6.07) is 1.36. The molecule has 0 bridgehead atoms. The van der Waals surface area contributed by atoms with Crippen LogP contribution in [0, 0.1) is 5.92 Å². The first kappa shape index (κ1) is 11.4. The van der Waals surface area contributed by atoms with Crippen LogP contribution in [0.4, 0.5) is 0 Å². The van der Waals surface area contributed by atoms with Gasteiger partial charge in [0, 0.05) is 12.1 Å². The Morgan fingerprint density at radius 1 is 1.00 bits per heavy atom. The molecule has 1 unspecified atom stereocenters. The molecule has 0 heterocycles. The third kappa shape index (κ3) is 3.18. The normalized spacial score (nSPS) is 35.6. The van der Waals surface area contributed by atoms with Gasteiger partial charge in [0.2, 0.25) is 0 Å². The molecule has 2 aliphatic carbocycles. The molecule has 0 saturated heterocycles. The summed E-state index contributed by atoms with van der Waals surface area (Å²) in [4.78, 5) is 0. The molecule has 2 N–H and O–H groups in total. The van der Waals surface area contributed by atoms with E-state index in [2.05, 4.69) is 12.2 Å². The number of aliphatic hydroxyl groups excluding tert-OH is 1. The molecule has 0 spiro atoms. The van der Waals surface area contributed by atoms with Gasteiger partial charge in [-0.15, -0.1) is 0 Å². The summed E-state index contributed by atoms with van der Waals surface area (Å²) in [5.41, 5.74) is 0. The summed E-state index contributed by atoms with van der Waals surface area (Å²) in [7, 11) is 0. The van der Waals surface area contributed by atoms with E-state index < -0.39 is 0 Å². The highest BCUT2D eigenvalue weighted by molar-refractivity contribution is 4.83. The van der Waals surface area contributed by atoms with E-state index in [9.17, 15) is 5.11 Å². The third-order valence-corrected chi connectivity index (χ3v) is 4.30. The maximum atomic E-state index is 9.44. The molecule has 2 aliphatic rings. The van der Waals surface area contributed by atoms with Crippen molar-refractivity contribution in [3.05, 3.63) is 0 Å². The van der Waals surface area contributed by atoms with Crippen LogP contribution >= 0.6 is 0 Å². The largest absolute Gasteiger partial charge is 0.393 e. The number of aliphatic hydroxyl groups is 1. The van der Waals surface area contributed by atoms with Crippen LogP contribution in [0.1, 0.15) is 58.3 Å². The minimum atomic E-state index is -0.0233. The van der Waals surface area contributed by atoms with Crippen molar-refractivity contribution in [2.45, 2.75) is 76.5 Å². The van der Waals surface area contributed by atoms with E-state index in [0.29, 0.717) is 12.1 Å². The predicted octanol–water partition coefficient (Wildman–Crippen LogP) is 2.46. The van der Waals surface area contributed by atoms with Crippen LogP contribution in [-0.4, -0.2) is 23.3 Å². The van der Waals surface area contributed by atoms with Crippen molar-refractivity contribution in [1.29, 1.82) is 0 Å². The van der Waals surface area contributed by atoms with Gasteiger partial charge in [0.05, 0.1) is 6.10 Å². The fourth-order valence-corrected chi connectivity index (χ4v) is 3.21. The average Bonchev–Trinajstić information content (AvgIpc) is 2.74. The number of nitrogens with one attached hydrogen (secondary N) is 1. The van der Waals surface area contributed by atoms with Crippen LogP contribution in [-0.2, 0) is 0 Å². The lowest BCUT2D eigenvalue weighted by atomic mass is 9.91. The van der Waals surface area contributed by atoms with E-state index in [0.717, 1.165) is 31.6 Å². The molecule has 88 valence electrons. The highest BCUT2D eigenvalue weighted by Gasteiger charge is 2.25. The molecule has 0 aromatic rings. The Kier molecular flexibility index (Phi) is 4.04. The Bertz CT molecular complexity index is 181. The Balaban J connectivity index is 1.71. The van der Waals surface area contributed by atoms with Crippen LogP contribution in [0.2, 0.25) is 0 Å². The van der Waals surface area contributed by atoms with E-state index in [1.165, 1.54) is 25.7 Å². The van der Waals surface area contributed by atoms with Crippen molar-refractivity contribution >= 4 is 0 Å². The van der Waals surface area contributed by atoms with Crippen molar-refractivity contribution < 1.29 is 5.11 Å². The summed E-state index contributed by atoms with van der Waals surface area (Å²) in [6.07, 6.45) is 10.00. The number of hydrogen-bond acceptors (Lipinski definition) is 2. The van der Waals surface area contributed by atoms with Gasteiger partial charge < -0.3 is 10.4 Å². The van der Waals surface area contributed by atoms with Crippen LogP contribution in [0.3, 0.4) is 0 Å². The Morgan fingerprint density at radius 3 is 2.20 bits per heavy atom. The van der Waals surface area contributed by atoms with Gasteiger partial charge in [-0.2, -0.15) is 0 Å². The average molecular weight is 211 g/mol. The van der Waals surface area contributed by atoms with Gasteiger partial charge in [0.25, 0.3) is 0 Å². The highest BCUT2D eigenvalue weighted by Crippen LogP contribution is 2.28. The molecule has 2 rings (SSSR count). The van der Waals surface area contributed by atoms with Crippen molar-refractivity contribution in [3.63, 3.8) is 0 Å². The van der Waals surface area contributed by atoms with Crippen LogP contribution in [0.15, 0.2) is 0 Å². The van der Waals surface area contributed by atoms with Crippen molar-refractivity contribution in [1.82, 2.24) is 5.32 Å². The minimum Gasteiger partial charge on any atom is -0.393 e. The summed E-state index contributed by atoms with van der Waals surface area (Å²) >= 11 is 0. The minimum absolute atomic E-state index is 0.0233. The lowest BCUT2D eigenvalue weighted by molar-refractivity contribution is 0.112. The first-order chi connectivity index (χ1) is 7.25. The van der Waals surface area contributed by atoms with Crippen LogP contribution in [0.5, 0.6) is 0 Å². The monoisotopic (exact) mass is 211 g/mol. The Morgan fingerprint density at radius 2 is 1.60 bits per heavy atom. The quantitative estimate of drug-likeness (QED) is 0.751. The fraction of sp³-hybridized carbons (Fsp3) is 1.00. The second-order valence-electron chi connectivity index (χ2n) is 5.51.